The molecular formula is C23H26FN5O2. The molecule has 3 aromatic rings. The van der Waals surface area contributed by atoms with Crippen LogP contribution in [0.4, 0.5) is 10.3 Å². The van der Waals surface area contributed by atoms with Crippen LogP contribution in [0.5, 0.6) is 0 Å². The van der Waals surface area contributed by atoms with Crippen molar-refractivity contribution in [3.63, 3.8) is 0 Å². The number of hydrogen-bond acceptors (Lipinski definition) is 6. The normalized spacial score (nSPS) is 18.6. The monoisotopic (exact) mass is 423 g/mol. The van der Waals surface area contributed by atoms with Gasteiger partial charge in [-0.1, -0.05) is 12.1 Å². The molecule has 2 fully saturated rings. The van der Waals surface area contributed by atoms with E-state index in [-0.39, 0.29) is 17.6 Å². The Balaban J connectivity index is 1.21. The van der Waals surface area contributed by atoms with Crippen LogP contribution in [0.3, 0.4) is 0 Å². The predicted octanol–water partition coefficient (Wildman–Crippen LogP) is 4.01. The molecule has 0 saturated carbocycles. The maximum Gasteiger partial charge on any atom is 0.256 e. The maximum absolute atomic E-state index is 13.4. The summed E-state index contributed by atoms with van der Waals surface area (Å²) in [6.45, 7) is 5.46. The second-order valence-corrected chi connectivity index (χ2v) is 8.72. The van der Waals surface area contributed by atoms with E-state index < -0.39 is 0 Å². The Morgan fingerprint density at radius 3 is 2.48 bits per heavy atom. The Bertz CT molecular complexity index is 1070. The first-order chi connectivity index (χ1) is 15.1. The molecule has 0 bridgehead atoms. The number of amides is 1. The molecule has 0 unspecified atom stereocenters. The lowest BCUT2D eigenvalue weighted by Gasteiger charge is -2.31. The fraction of sp³-hybridized carbons (Fsp3) is 0.478. The lowest BCUT2D eigenvalue weighted by Crippen LogP contribution is -2.38. The molecule has 1 amide bonds. The fourth-order valence-electron chi connectivity index (χ4n) is 4.57. The lowest BCUT2D eigenvalue weighted by atomic mass is 9.91. The third-order valence-electron chi connectivity index (χ3n) is 6.58. The Labute approximate surface area is 180 Å². The highest BCUT2D eigenvalue weighted by molar-refractivity contribution is 5.93. The highest BCUT2D eigenvalue weighted by Crippen LogP contribution is 2.33. The van der Waals surface area contributed by atoms with Crippen LogP contribution in [0.15, 0.2) is 35.1 Å². The zero-order valence-electron chi connectivity index (χ0n) is 17.6. The number of fused-ring (bicyclic) bond motifs is 1. The number of rotatable bonds is 3. The molecule has 5 rings (SSSR count). The maximum atomic E-state index is 13.4. The van der Waals surface area contributed by atoms with E-state index in [1.54, 1.807) is 18.5 Å². The van der Waals surface area contributed by atoms with Crippen LogP contribution in [0.25, 0.3) is 11.0 Å². The lowest BCUT2D eigenvalue weighted by molar-refractivity contribution is 0.0711. The minimum absolute atomic E-state index is 0.0376. The second kappa shape index (κ2) is 8.24. The molecule has 2 saturated heterocycles. The first-order valence-corrected chi connectivity index (χ1v) is 11.0. The molecule has 0 radical (unpaired) electrons. The molecule has 2 aliphatic heterocycles. The fourth-order valence-corrected chi connectivity index (χ4v) is 4.57. The Kier molecular flexibility index (Phi) is 5.29. The number of aromatic nitrogens is 3. The van der Waals surface area contributed by atoms with Crippen molar-refractivity contribution < 1.29 is 13.7 Å². The Hall–Kier alpha value is -3.03. The standard InChI is InChI=1S/C23H26FN5O2/c1-15-4-8-29(9-5-15)23-25-13-17(14-26-23)22(30)28-10-6-16(7-11-28)21-19-3-2-18(24)12-20(19)31-27-21/h2-3,12-16H,4-11H2,1H3. The van der Waals surface area contributed by atoms with Crippen molar-refractivity contribution in [1.82, 2.24) is 20.0 Å². The number of hydrogen-bond donors (Lipinski definition) is 0. The van der Waals surface area contributed by atoms with Crippen LogP contribution in [0, 0.1) is 11.7 Å². The van der Waals surface area contributed by atoms with Gasteiger partial charge in [-0.05, 0) is 43.7 Å². The van der Waals surface area contributed by atoms with Gasteiger partial charge in [0, 0.05) is 55.9 Å². The largest absolute Gasteiger partial charge is 0.356 e. The van der Waals surface area contributed by atoms with Gasteiger partial charge in [0.25, 0.3) is 5.91 Å². The van der Waals surface area contributed by atoms with Crippen molar-refractivity contribution in [3.8, 4) is 0 Å². The summed E-state index contributed by atoms with van der Waals surface area (Å²) in [5.74, 6) is 1.27. The van der Waals surface area contributed by atoms with Crippen molar-refractivity contribution in [2.75, 3.05) is 31.1 Å². The first-order valence-electron chi connectivity index (χ1n) is 11.0. The van der Waals surface area contributed by atoms with E-state index in [0.29, 0.717) is 30.2 Å². The van der Waals surface area contributed by atoms with E-state index in [4.69, 9.17) is 4.52 Å². The van der Waals surface area contributed by atoms with Crippen LogP contribution in [0.1, 0.15) is 54.6 Å². The minimum atomic E-state index is -0.335. The van der Waals surface area contributed by atoms with E-state index >= 15 is 0 Å². The molecule has 8 heteroatoms. The summed E-state index contributed by atoms with van der Waals surface area (Å²) in [5.41, 5.74) is 1.84. The highest BCUT2D eigenvalue weighted by Gasteiger charge is 2.28. The van der Waals surface area contributed by atoms with Gasteiger partial charge in [0.1, 0.15) is 5.82 Å². The molecule has 0 atom stereocenters. The van der Waals surface area contributed by atoms with Gasteiger partial charge in [-0.25, -0.2) is 14.4 Å². The molecule has 7 nitrogen and oxygen atoms in total. The molecule has 1 aromatic carbocycles. The van der Waals surface area contributed by atoms with Gasteiger partial charge in [0.2, 0.25) is 5.95 Å². The van der Waals surface area contributed by atoms with Crippen molar-refractivity contribution in [1.29, 1.82) is 0 Å². The summed E-state index contributed by atoms with van der Waals surface area (Å²) in [7, 11) is 0. The number of carbonyl (C=O) groups is 1. The molecule has 162 valence electrons. The van der Waals surface area contributed by atoms with Crippen molar-refractivity contribution in [2.45, 2.75) is 38.5 Å². The molecule has 2 aromatic heterocycles. The van der Waals surface area contributed by atoms with E-state index in [2.05, 4.69) is 26.9 Å². The average Bonchev–Trinajstić information content (AvgIpc) is 3.22. The molecule has 0 N–H and O–H groups in total. The van der Waals surface area contributed by atoms with Crippen molar-refractivity contribution in [3.05, 3.63) is 47.7 Å². The van der Waals surface area contributed by atoms with Gasteiger partial charge in [-0.15, -0.1) is 0 Å². The summed E-state index contributed by atoms with van der Waals surface area (Å²) in [6.07, 6.45) is 7.16. The molecular weight excluding hydrogens is 397 g/mol. The smallest absolute Gasteiger partial charge is 0.256 e. The average molecular weight is 423 g/mol. The van der Waals surface area contributed by atoms with Gasteiger partial charge < -0.3 is 14.3 Å². The summed E-state index contributed by atoms with van der Waals surface area (Å²) in [6, 6.07) is 4.50. The van der Waals surface area contributed by atoms with Crippen LogP contribution in [-0.2, 0) is 0 Å². The number of anilines is 1. The molecule has 0 aliphatic carbocycles. The second-order valence-electron chi connectivity index (χ2n) is 8.72. The van der Waals surface area contributed by atoms with Gasteiger partial charge in [-0.3, -0.25) is 4.79 Å². The molecule has 4 heterocycles. The number of likely N-dealkylation sites (tertiary alicyclic amines) is 1. The molecule has 31 heavy (non-hydrogen) atoms. The van der Waals surface area contributed by atoms with Gasteiger partial charge in [0.15, 0.2) is 5.58 Å². The van der Waals surface area contributed by atoms with Gasteiger partial charge >= 0.3 is 0 Å². The third kappa shape index (κ3) is 3.98. The Morgan fingerprint density at radius 2 is 1.77 bits per heavy atom. The number of carbonyl (C=O) groups excluding carboxylic acids is 1. The number of nitrogens with zero attached hydrogens (tertiary/aromatic N) is 5. The zero-order chi connectivity index (χ0) is 21.4. The van der Waals surface area contributed by atoms with E-state index in [9.17, 15) is 9.18 Å². The molecule has 2 aliphatic rings. The van der Waals surface area contributed by atoms with Crippen LogP contribution in [0.2, 0.25) is 0 Å². The minimum Gasteiger partial charge on any atom is -0.356 e. The van der Waals surface area contributed by atoms with Crippen LogP contribution >= 0.6 is 0 Å². The number of halogens is 1. The third-order valence-corrected chi connectivity index (χ3v) is 6.58. The Morgan fingerprint density at radius 1 is 1.06 bits per heavy atom. The molecule has 0 spiro atoms. The van der Waals surface area contributed by atoms with Crippen molar-refractivity contribution in [2.24, 2.45) is 5.92 Å². The highest BCUT2D eigenvalue weighted by atomic mass is 19.1. The van der Waals surface area contributed by atoms with Crippen LogP contribution < -0.4 is 4.90 Å². The summed E-state index contributed by atoms with van der Waals surface area (Å²) < 4.78 is 18.7. The quantitative estimate of drug-likeness (QED) is 0.634. The van der Waals surface area contributed by atoms with E-state index in [1.165, 1.54) is 12.1 Å². The van der Waals surface area contributed by atoms with Gasteiger partial charge in [-0.2, -0.15) is 0 Å². The van der Waals surface area contributed by atoms with Crippen LogP contribution in [-0.4, -0.2) is 52.1 Å². The van der Waals surface area contributed by atoms with E-state index in [0.717, 1.165) is 55.8 Å². The topological polar surface area (TPSA) is 75.4 Å². The summed E-state index contributed by atoms with van der Waals surface area (Å²) in [4.78, 5) is 25.9. The zero-order valence-corrected chi connectivity index (χ0v) is 17.6. The number of benzene rings is 1. The van der Waals surface area contributed by atoms with E-state index in [1.807, 2.05) is 4.90 Å². The van der Waals surface area contributed by atoms with Gasteiger partial charge in [0.05, 0.1) is 11.3 Å². The predicted molar refractivity (Wildman–Crippen MR) is 114 cm³/mol. The number of piperidine rings is 2. The summed E-state index contributed by atoms with van der Waals surface area (Å²) in [5, 5.41) is 5.03. The summed E-state index contributed by atoms with van der Waals surface area (Å²) >= 11 is 0. The van der Waals surface area contributed by atoms with Crippen molar-refractivity contribution >= 4 is 22.8 Å². The first kappa shape index (κ1) is 19.9. The SMILES string of the molecule is CC1CCN(c2ncc(C(=O)N3CCC(c4noc5cc(F)ccc45)CC3)cn2)CC1.